The van der Waals surface area contributed by atoms with Crippen LogP contribution in [0.3, 0.4) is 0 Å². The van der Waals surface area contributed by atoms with Gasteiger partial charge in [0.15, 0.2) is 0 Å². The molecular formula is C11H21N5O. The maximum atomic E-state index is 11.0. The number of hydrogen-bond donors (Lipinski definition) is 2. The molecule has 1 aromatic rings. The van der Waals surface area contributed by atoms with Crippen molar-refractivity contribution in [2.45, 2.75) is 45.8 Å². The molecule has 96 valence electrons. The van der Waals surface area contributed by atoms with Crippen LogP contribution in [0, 0.1) is 0 Å². The topological polar surface area (TPSA) is 71.8 Å². The van der Waals surface area contributed by atoms with Crippen molar-refractivity contribution in [3.8, 4) is 0 Å². The number of aryl methyl sites for hydroxylation is 1. The minimum atomic E-state index is 0.0619. The first kappa shape index (κ1) is 13.6. The van der Waals surface area contributed by atoms with Crippen LogP contribution in [0.5, 0.6) is 0 Å². The highest BCUT2D eigenvalue weighted by atomic mass is 16.1. The predicted octanol–water partition coefficient (Wildman–Crippen LogP) is 0.302. The highest BCUT2D eigenvalue weighted by Crippen LogP contribution is 1.97. The third kappa shape index (κ3) is 5.44. The van der Waals surface area contributed by atoms with Crippen LogP contribution in [0.1, 0.15) is 32.4 Å². The summed E-state index contributed by atoms with van der Waals surface area (Å²) in [6.45, 7) is 5.64. The van der Waals surface area contributed by atoms with E-state index >= 15 is 0 Å². The number of carbonyl (C=O) groups excluding carboxylic acids is 1. The molecule has 0 atom stereocenters. The van der Waals surface area contributed by atoms with Crippen molar-refractivity contribution in [2.75, 3.05) is 7.05 Å². The van der Waals surface area contributed by atoms with E-state index in [0.717, 1.165) is 25.2 Å². The molecule has 0 unspecified atom stereocenters. The molecule has 1 rings (SSSR count). The smallest absolute Gasteiger partial charge is 0.219 e. The normalized spacial score (nSPS) is 10.8. The lowest BCUT2D eigenvalue weighted by atomic mass is 10.3. The van der Waals surface area contributed by atoms with E-state index in [0.29, 0.717) is 12.5 Å². The minimum Gasteiger partial charge on any atom is -0.359 e. The Labute approximate surface area is 102 Å². The van der Waals surface area contributed by atoms with Crippen molar-refractivity contribution in [2.24, 2.45) is 0 Å². The Bertz CT molecular complexity index is 347. The van der Waals surface area contributed by atoms with Gasteiger partial charge in [0.25, 0.3) is 0 Å². The molecule has 0 spiro atoms. The van der Waals surface area contributed by atoms with Crippen LogP contribution in [0.2, 0.25) is 0 Å². The van der Waals surface area contributed by atoms with Crippen molar-refractivity contribution in [3.63, 3.8) is 0 Å². The molecule has 0 aromatic carbocycles. The third-order valence-corrected chi connectivity index (χ3v) is 2.35. The standard InChI is InChI=1S/C11H21N5O/c1-9(2)13-7-10-8-16(15-14-10)6-4-5-11(17)12-3/h8-9,13H,4-7H2,1-3H3,(H,12,17). The summed E-state index contributed by atoms with van der Waals surface area (Å²) in [4.78, 5) is 11.0. The Morgan fingerprint density at radius 1 is 1.53 bits per heavy atom. The van der Waals surface area contributed by atoms with E-state index in [1.807, 2.05) is 6.20 Å². The summed E-state index contributed by atoms with van der Waals surface area (Å²) in [5.74, 6) is 0.0619. The monoisotopic (exact) mass is 239 g/mol. The van der Waals surface area contributed by atoms with Gasteiger partial charge in [-0.3, -0.25) is 9.48 Å². The first-order valence-corrected chi connectivity index (χ1v) is 5.94. The SMILES string of the molecule is CNC(=O)CCCn1cc(CNC(C)C)nn1. The van der Waals surface area contributed by atoms with E-state index in [1.165, 1.54) is 0 Å². The fourth-order valence-corrected chi connectivity index (χ4v) is 1.36. The third-order valence-electron chi connectivity index (χ3n) is 2.35. The quantitative estimate of drug-likeness (QED) is 0.718. The average Bonchev–Trinajstić information content (AvgIpc) is 2.74. The lowest BCUT2D eigenvalue weighted by Gasteiger charge is -2.04. The van der Waals surface area contributed by atoms with Gasteiger partial charge >= 0.3 is 0 Å². The Morgan fingerprint density at radius 2 is 2.29 bits per heavy atom. The lowest BCUT2D eigenvalue weighted by Crippen LogP contribution is -2.21. The molecule has 2 N–H and O–H groups in total. The van der Waals surface area contributed by atoms with E-state index in [1.54, 1.807) is 11.7 Å². The molecule has 0 saturated carbocycles. The number of aromatic nitrogens is 3. The molecule has 1 amide bonds. The fourth-order valence-electron chi connectivity index (χ4n) is 1.36. The number of hydrogen-bond acceptors (Lipinski definition) is 4. The van der Waals surface area contributed by atoms with Gasteiger partial charge in [-0.1, -0.05) is 19.1 Å². The van der Waals surface area contributed by atoms with Crippen molar-refractivity contribution in [3.05, 3.63) is 11.9 Å². The summed E-state index contributed by atoms with van der Waals surface area (Å²) in [5, 5.41) is 13.9. The molecule has 6 heteroatoms. The summed E-state index contributed by atoms with van der Waals surface area (Å²) < 4.78 is 1.78. The average molecular weight is 239 g/mol. The number of nitrogens with zero attached hydrogens (tertiary/aromatic N) is 3. The lowest BCUT2D eigenvalue weighted by molar-refractivity contribution is -0.120. The van der Waals surface area contributed by atoms with E-state index in [2.05, 4.69) is 34.8 Å². The zero-order valence-corrected chi connectivity index (χ0v) is 10.7. The van der Waals surface area contributed by atoms with Crippen LogP contribution in [-0.2, 0) is 17.9 Å². The zero-order chi connectivity index (χ0) is 12.7. The molecule has 0 aliphatic rings. The molecule has 0 radical (unpaired) electrons. The molecule has 0 bridgehead atoms. The molecule has 0 fully saturated rings. The van der Waals surface area contributed by atoms with Gasteiger partial charge in [0, 0.05) is 38.8 Å². The Hall–Kier alpha value is -1.43. The van der Waals surface area contributed by atoms with Crippen LogP contribution < -0.4 is 10.6 Å². The van der Waals surface area contributed by atoms with Crippen LogP contribution in [-0.4, -0.2) is 34.0 Å². The first-order chi connectivity index (χ1) is 8.11. The van der Waals surface area contributed by atoms with Gasteiger partial charge in [0.05, 0.1) is 5.69 Å². The minimum absolute atomic E-state index is 0.0619. The van der Waals surface area contributed by atoms with Crippen molar-refractivity contribution in [1.82, 2.24) is 25.6 Å². The van der Waals surface area contributed by atoms with Crippen molar-refractivity contribution < 1.29 is 4.79 Å². The number of amides is 1. The molecular weight excluding hydrogens is 218 g/mol. The second-order valence-electron chi connectivity index (χ2n) is 4.29. The van der Waals surface area contributed by atoms with Gasteiger partial charge in [-0.05, 0) is 6.42 Å². The Kier molecular flexibility index (Phi) is 5.62. The van der Waals surface area contributed by atoms with E-state index in [4.69, 9.17) is 0 Å². The van der Waals surface area contributed by atoms with E-state index < -0.39 is 0 Å². The number of rotatable bonds is 7. The van der Waals surface area contributed by atoms with Crippen LogP contribution in [0.25, 0.3) is 0 Å². The number of nitrogens with one attached hydrogen (secondary N) is 2. The van der Waals surface area contributed by atoms with E-state index in [9.17, 15) is 4.79 Å². The largest absolute Gasteiger partial charge is 0.359 e. The summed E-state index contributed by atoms with van der Waals surface area (Å²) in [7, 11) is 1.65. The summed E-state index contributed by atoms with van der Waals surface area (Å²) in [6, 6.07) is 0.438. The van der Waals surface area contributed by atoms with Gasteiger partial charge < -0.3 is 10.6 Å². The van der Waals surface area contributed by atoms with Gasteiger partial charge in [-0.15, -0.1) is 5.10 Å². The Balaban J connectivity index is 2.28. The Morgan fingerprint density at radius 3 is 2.94 bits per heavy atom. The fraction of sp³-hybridized carbons (Fsp3) is 0.727. The summed E-state index contributed by atoms with van der Waals surface area (Å²) in [6.07, 6.45) is 3.22. The first-order valence-electron chi connectivity index (χ1n) is 5.94. The summed E-state index contributed by atoms with van der Waals surface area (Å²) in [5.41, 5.74) is 0.929. The highest BCUT2D eigenvalue weighted by Gasteiger charge is 2.02. The second-order valence-corrected chi connectivity index (χ2v) is 4.29. The predicted molar refractivity (Wildman–Crippen MR) is 65.3 cm³/mol. The number of carbonyl (C=O) groups is 1. The molecule has 17 heavy (non-hydrogen) atoms. The van der Waals surface area contributed by atoms with Crippen molar-refractivity contribution in [1.29, 1.82) is 0 Å². The molecule has 1 aromatic heterocycles. The molecule has 0 saturated heterocycles. The van der Waals surface area contributed by atoms with Gasteiger partial charge in [0.2, 0.25) is 5.91 Å². The van der Waals surface area contributed by atoms with Gasteiger partial charge in [0.1, 0.15) is 0 Å². The van der Waals surface area contributed by atoms with Gasteiger partial charge in [-0.2, -0.15) is 0 Å². The second kappa shape index (κ2) is 7.01. The summed E-state index contributed by atoms with van der Waals surface area (Å²) >= 11 is 0. The molecule has 0 aliphatic carbocycles. The van der Waals surface area contributed by atoms with Crippen LogP contribution in [0.4, 0.5) is 0 Å². The van der Waals surface area contributed by atoms with Crippen LogP contribution >= 0.6 is 0 Å². The van der Waals surface area contributed by atoms with Crippen molar-refractivity contribution >= 4 is 5.91 Å². The highest BCUT2D eigenvalue weighted by molar-refractivity contribution is 5.75. The van der Waals surface area contributed by atoms with Gasteiger partial charge in [-0.25, -0.2) is 0 Å². The molecule has 0 aliphatic heterocycles. The zero-order valence-electron chi connectivity index (χ0n) is 10.7. The van der Waals surface area contributed by atoms with E-state index in [-0.39, 0.29) is 5.91 Å². The maximum Gasteiger partial charge on any atom is 0.219 e. The van der Waals surface area contributed by atoms with Crippen LogP contribution in [0.15, 0.2) is 6.20 Å². The maximum absolute atomic E-state index is 11.0. The molecule has 6 nitrogen and oxygen atoms in total. The molecule has 1 heterocycles.